The summed E-state index contributed by atoms with van der Waals surface area (Å²) in [6.45, 7) is 9.31. The summed E-state index contributed by atoms with van der Waals surface area (Å²) in [7, 11) is 0. The van der Waals surface area contributed by atoms with Crippen molar-refractivity contribution in [3.05, 3.63) is 24.3 Å². The molecule has 0 aromatic heterocycles. The first-order chi connectivity index (χ1) is 21.9. The molecule has 0 spiro atoms. The third kappa shape index (κ3) is 28.8. The summed E-state index contributed by atoms with van der Waals surface area (Å²) < 4.78 is 12.3. The number of hydrogen-bond acceptors (Lipinski definition) is 3. The van der Waals surface area contributed by atoms with Gasteiger partial charge in [-0.3, -0.25) is 0 Å². The van der Waals surface area contributed by atoms with Gasteiger partial charge in [0.05, 0.1) is 12.7 Å². The lowest BCUT2D eigenvalue weighted by Crippen LogP contribution is -2.27. The summed E-state index contributed by atoms with van der Waals surface area (Å²) in [6, 6.07) is 0. The van der Waals surface area contributed by atoms with Gasteiger partial charge in [-0.15, -0.1) is 0 Å². The van der Waals surface area contributed by atoms with Gasteiger partial charge in [0.15, 0.2) is 0 Å². The molecule has 1 aliphatic rings. The molecule has 2 atom stereocenters. The molecule has 44 heavy (non-hydrogen) atoms. The van der Waals surface area contributed by atoms with Crippen molar-refractivity contribution in [2.24, 2.45) is 5.92 Å². The fourth-order valence-electron chi connectivity index (χ4n) is 6.34. The molecule has 0 aliphatic carbocycles. The lowest BCUT2D eigenvalue weighted by Gasteiger charge is -2.19. The van der Waals surface area contributed by atoms with E-state index in [1.165, 1.54) is 180 Å². The van der Waals surface area contributed by atoms with Crippen molar-refractivity contribution < 1.29 is 9.47 Å². The number of allylic oxidation sites excluding steroid dienone is 4. The van der Waals surface area contributed by atoms with Crippen LogP contribution in [0.2, 0.25) is 0 Å². The largest absolute Gasteiger partial charge is 0.381 e. The monoisotopic (exact) mass is 618 g/mol. The van der Waals surface area contributed by atoms with E-state index in [2.05, 4.69) is 43.5 Å². The van der Waals surface area contributed by atoms with Gasteiger partial charge in [-0.05, 0) is 64.2 Å². The van der Waals surface area contributed by atoms with Gasteiger partial charge in [-0.25, -0.2) is 0 Å². The van der Waals surface area contributed by atoms with Crippen LogP contribution in [0.25, 0.3) is 0 Å². The Morgan fingerprint density at radius 1 is 0.455 bits per heavy atom. The molecule has 1 aliphatic heterocycles. The van der Waals surface area contributed by atoms with Crippen molar-refractivity contribution >= 4 is 0 Å². The zero-order valence-electron chi connectivity index (χ0n) is 30.1. The summed E-state index contributed by atoms with van der Waals surface area (Å²) in [5, 5.41) is 3.52. The maximum Gasteiger partial charge on any atom is 0.0761 e. The van der Waals surface area contributed by atoms with Gasteiger partial charge in [0.2, 0.25) is 0 Å². The van der Waals surface area contributed by atoms with Crippen molar-refractivity contribution in [1.82, 2.24) is 5.32 Å². The van der Waals surface area contributed by atoms with E-state index < -0.39 is 0 Å². The summed E-state index contributed by atoms with van der Waals surface area (Å²) in [5.41, 5.74) is 0. The summed E-state index contributed by atoms with van der Waals surface area (Å²) in [6.07, 6.45) is 48.0. The SMILES string of the molecule is CCCCCCCC/C=C\CCCCCCCCOCC1CNCC1OCCCCCCCC/C=C\CCCCCCCC. The van der Waals surface area contributed by atoms with Gasteiger partial charge in [0.1, 0.15) is 0 Å². The van der Waals surface area contributed by atoms with Crippen LogP contribution < -0.4 is 5.32 Å². The first-order valence-corrected chi connectivity index (χ1v) is 20.1. The van der Waals surface area contributed by atoms with E-state index in [1.807, 2.05) is 0 Å². The van der Waals surface area contributed by atoms with Crippen molar-refractivity contribution in [3.8, 4) is 0 Å². The first kappa shape index (κ1) is 41.4. The molecule has 3 nitrogen and oxygen atoms in total. The molecular weight excluding hydrogens is 538 g/mol. The normalized spacial score (nSPS) is 17.1. The van der Waals surface area contributed by atoms with Crippen LogP contribution >= 0.6 is 0 Å². The van der Waals surface area contributed by atoms with E-state index in [0.717, 1.165) is 32.9 Å². The van der Waals surface area contributed by atoms with Crippen LogP contribution in [0.15, 0.2) is 24.3 Å². The number of unbranched alkanes of at least 4 members (excludes halogenated alkanes) is 24. The highest BCUT2D eigenvalue weighted by molar-refractivity contribution is 4.83. The first-order valence-electron chi connectivity index (χ1n) is 20.1. The zero-order chi connectivity index (χ0) is 31.4. The Morgan fingerprint density at radius 3 is 1.30 bits per heavy atom. The molecule has 0 radical (unpaired) electrons. The predicted molar refractivity (Wildman–Crippen MR) is 196 cm³/mol. The predicted octanol–water partition coefficient (Wildman–Crippen LogP) is 12.7. The number of rotatable bonds is 35. The highest BCUT2D eigenvalue weighted by Crippen LogP contribution is 2.16. The molecule has 1 fully saturated rings. The Labute approximate surface area is 277 Å². The Bertz CT molecular complexity index is 603. The molecule has 260 valence electrons. The van der Waals surface area contributed by atoms with Gasteiger partial charge in [-0.1, -0.05) is 154 Å². The van der Waals surface area contributed by atoms with E-state index >= 15 is 0 Å². The fourth-order valence-corrected chi connectivity index (χ4v) is 6.34. The van der Waals surface area contributed by atoms with Crippen LogP contribution in [-0.2, 0) is 9.47 Å². The molecule has 1 N–H and O–H groups in total. The van der Waals surface area contributed by atoms with E-state index in [4.69, 9.17) is 9.47 Å². The second-order valence-electron chi connectivity index (χ2n) is 13.8. The Kier molecular flexibility index (Phi) is 33.1. The molecule has 1 saturated heterocycles. The molecule has 2 unspecified atom stereocenters. The van der Waals surface area contributed by atoms with Crippen LogP contribution in [0.5, 0.6) is 0 Å². The minimum atomic E-state index is 0.345. The molecule has 0 amide bonds. The lowest BCUT2D eigenvalue weighted by molar-refractivity contribution is 0.0000131. The second kappa shape index (κ2) is 35.2. The average molecular weight is 618 g/mol. The minimum Gasteiger partial charge on any atom is -0.381 e. The Hall–Kier alpha value is -0.640. The van der Waals surface area contributed by atoms with Crippen LogP contribution in [-0.4, -0.2) is 39.0 Å². The van der Waals surface area contributed by atoms with Gasteiger partial charge < -0.3 is 14.8 Å². The van der Waals surface area contributed by atoms with Gasteiger partial charge >= 0.3 is 0 Å². The molecule has 0 aromatic rings. The lowest BCUT2D eigenvalue weighted by atomic mass is 10.1. The highest BCUT2D eigenvalue weighted by Gasteiger charge is 2.27. The second-order valence-corrected chi connectivity index (χ2v) is 13.8. The van der Waals surface area contributed by atoms with Gasteiger partial charge in [0, 0.05) is 32.2 Å². The van der Waals surface area contributed by atoms with Crippen molar-refractivity contribution in [1.29, 1.82) is 0 Å². The molecule has 3 heteroatoms. The third-order valence-electron chi connectivity index (χ3n) is 9.40. The van der Waals surface area contributed by atoms with E-state index in [-0.39, 0.29) is 0 Å². The smallest absolute Gasteiger partial charge is 0.0761 e. The average Bonchev–Trinajstić information content (AvgIpc) is 3.49. The summed E-state index contributed by atoms with van der Waals surface area (Å²) in [4.78, 5) is 0. The molecule has 1 heterocycles. The van der Waals surface area contributed by atoms with Gasteiger partial charge in [-0.2, -0.15) is 0 Å². The van der Waals surface area contributed by atoms with Crippen LogP contribution in [0.4, 0.5) is 0 Å². The molecule has 1 rings (SSSR count). The molecule has 0 bridgehead atoms. The van der Waals surface area contributed by atoms with E-state index in [1.54, 1.807) is 0 Å². The van der Waals surface area contributed by atoms with Crippen molar-refractivity contribution in [3.63, 3.8) is 0 Å². The van der Waals surface area contributed by atoms with E-state index in [9.17, 15) is 0 Å². The van der Waals surface area contributed by atoms with Gasteiger partial charge in [0.25, 0.3) is 0 Å². The quantitative estimate of drug-likeness (QED) is 0.0567. The standard InChI is InChI=1S/C41H79NO2/c1-3-5-7-9-11-13-15-17-19-21-23-25-27-29-31-33-35-43-39-40-37-42-38-41(40)44-36-34-32-30-28-26-24-22-20-18-16-14-12-10-8-6-4-2/h17-20,40-42H,3-16,21-39H2,1-2H3/b19-17-,20-18-. The Balaban J connectivity index is 1.81. The number of nitrogens with one attached hydrogen (secondary N) is 1. The summed E-state index contributed by atoms with van der Waals surface area (Å²) >= 11 is 0. The third-order valence-corrected chi connectivity index (χ3v) is 9.40. The minimum absolute atomic E-state index is 0.345. The highest BCUT2D eigenvalue weighted by atomic mass is 16.5. The van der Waals surface area contributed by atoms with E-state index in [0.29, 0.717) is 12.0 Å². The summed E-state index contributed by atoms with van der Waals surface area (Å²) in [5.74, 6) is 0.526. The van der Waals surface area contributed by atoms with Crippen LogP contribution in [0.1, 0.15) is 194 Å². The molecular formula is C41H79NO2. The number of ether oxygens (including phenoxy) is 2. The molecule has 0 aromatic carbocycles. The maximum absolute atomic E-state index is 6.27. The van der Waals surface area contributed by atoms with Crippen LogP contribution in [0.3, 0.4) is 0 Å². The Morgan fingerprint density at radius 2 is 0.841 bits per heavy atom. The zero-order valence-corrected chi connectivity index (χ0v) is 30.1. The van der Waals surface area contributed by atoms with Crippen molar-refractivity contribution in [2.75, 3.05) is 32.9 Å². The maximum atomic E-state index is 6.27. The fraction of sp³-hybridized carbons (Fsp3) is 0.902. The van der Waals surface area contributed by atoms with Crippen LogP contribution in [0, 0.1) is 5.92 Å². The molecule has 0 saturated carbocycles. The van der Waals surface area contributed by atoms with Crippen molar-refractivity contribution in [2.45, 2.75) is 200 Å². The number of hydrogen-bond donors (Lipinski definition) is 1. The topological polar surface area (TPSA) is 30.5 Å².